The third-order valence-electron chi connectivity index (χ3n) is 3.65. The molecule has 1 aliphatic rings. The van der Waals surface area contributed by atoms with Crippen molar-refractivity contribution in [1.82, 2.24) is 10.3 Å². The van der Waals surface area contributed by atoms with Crippen molar-refractivity contribution in [1.29, 1.82) is 0 Å². The number of ether oxygens (including phenoxy) is 1. The van der Waals surface area contributed by atoms with E-state index < -0.39 is 0 Å². The van der Waals surface area contributed by atoms with Crippen molar-refractivity contribution >= 4 is 23.4 Å². The second-order valence-corrected chi connectivity index (χ2v) is 6.45. The molecular formula is C16H17ClN2OS. The average Bonchev–Trinajstić information content (AvgIpc) is 2.54. The summed E-state index contributed by atoms with van der Waals surface area (Å²) in [6.07, 6.45) is 4.42. The van der Waals surface area contributed by atoms with Gasteiger partial charge in [-0.15, -0.1) is 11.8 Å². The summed E-state index contributed by atoms with van der Waals surface area (Å²) in [5, 5.41) is 4.07. The van der Waals surface area contributed by atoms with Crippen molar-refractivity contribution in [3.05, 3.63) is 53.3 Å². The molecule has 1 aliphatic heterocycles. The molecule has 0 aliphatic carbocycles. The smallest absolute Gasteiger partial charge is 0.133 e. The van der Waals surface area contributed by atoms with Gasteiger partial charge in [0.25, 0.3) is 0 Å². The van der Waals surface area contributed by atoms with Gasteiger partial charge in [0, 0.05) is 29.1 Å². The molecule has 2 heterocycles. The topological polar surface area (TPSA) is 34.2 Å². The van der Waals surface area contributed by atoms with Crippen LogP contribution in [0.1, 0.15) is 5.56 Å². The number of hydrogen-bond acceptors (Lipinski definition) is 4. The number of nitrogens with one attached hydrogen (secondary N) is 1. The number of pyridine rings is 1. The zero-order valence-electron chi connectivity index (χ0n) is 11.8. The number of benzene rings is 1. The highest BCUT2D eigenvalue weighted by Gasteiger charge is 2.27. The maximum Gasteiger partial charge on any atom is 0.133 e. The molecule has 5 heteroatoms. The average molecular weight is 321 g/mol. The predicted molar refractivity (Wildman–Crippen MR) is 87.4 cm³/mol. The van der Waals surface area contributed by atoms with E-state index >= 15 is 0 Å². The second kappa shape index (κ2) is 6.69. The van der Waals surface area contributed by atoms with Crippen LogP contribution in [0.3, 0.4) is 0 Å². The van der Waals surface area contributed by atoms with Crippen LogP contribution >= 0.6 is 23.4 Å². The fourth-order valence-corrected chi connectivity index (χ4v) is 3.73. The van der Waals surface area contributed by atoms with Crippen LogP contribution < -0.4 is 10.1 Å². The molecule has 0 amide bonds. The molecule has 110 valence electrons. The lowest BCUT2D eigenvalue weighted by Gasteiger charge is -2.32. The first-order valence-corrected chi connectivity index (χ1v) is 8.28. The van der Waals surface area contributed by atoms with Crippen molar-refractivity contribution < 1.29 is 4.74 Å². The molecule has 0 saturated carbocycles. The van der Waals surface area contributed by atoms with E-state index in [1.807, 2.05) is 43.1 Å². The Morgan fingerprint density at radius 3 is 3.10 bits per heavy atom. The van der Waals surface area contributed by atoms with Gasteiger partial charge in [-0.05, 0) is 37.2 Å². The van der Waals surface area contributed by atoms with E-state index in [1.165, 1.54) is 4.90 Å². The lowest BCUT2D eigenvalue weighted by atomic mass is 10.0. The quantitative estimate of drug-likeness (QED) is 0.936. The molecule has 0 radical (unpaired) electrons. The minimum atomic E-state index is 0.124. The van der Waals surface area contributed by atoms with E-state index in [0.717, 1.165) is 23.5 Å². The van der Waals surface area contributed by atoms with E-state index in [9.17, 15) is 0 Å². The molecule has 3 nitrogen and oxygen atoms in total. The number of hydrogen-bond donors (Lipinski definition) is 1. The highest BCUT2D eigenvalue weighted by atomic mass is 35.5. The van der Waals surface area contributed by atoms with Crippen LogP contribution in [-0.2, 0) is 6.42 Å². The van der Waals surface area contributed by atoms with Crippen LogP contribution in [0, 0.1) is 0 Å². The second-order valence-electron chi connectivity index (χ2n) is 4.98. The molecule has 1 N–H and O–H groups in total. The number of likely N-dealkylation sites (N-methyl/N-ethyl adjacent to an activating group) is 1. The van der Waals surface area contributed by atoms with Crippen LogP contribution in [-0.4, -0.2) is 29.9 Å². The normalized spacial score (nSPS) is 18.7. The molecule has 1 aromatic carbocycles. The van der Waals surface area contributed by atoms with Gasteiger partial charge in [-0.3, -0.25) is 4.98 Å². The zero-order valence-corrected chi connectivity index (χ0v) is 13.3. The maximum atomic E-state index is 6.21. The van der Waals surface area contributed by atoms with Gasteiger partial charge < -0.3 is 10.1 Å². The molecule has 21 heavy (non-hydrogen) atoms. The Morgan fingerprint density at radius 1 is 1.43 bits per heavy atom. The van der Waals surface area contributed by atoms with E-state index in [1.54, 1.807) is 12.4 Å². The monoisotopic (exact) mass is 320 g/mol. The van der Waals surface area contributed by atoms with Gasteiger partial charge in [-0.1, -0.05) is 23.7 Å². The number of aromatic nitrogens is 1. The Hall–Kier alpha value is -1.23. The summed E-state index contributed by atoms with van der Waals surface area (Å²) in [7, 11) is 1.97. The van der Waals surface area contributed by atoms with E-state index in [-0.39, 0.29) is 12.1 Å². The number of para-hydroxylation sites is 1. The summed E-state index contributed by atoms with van der Waals surface area (Å²) in [4.78, 5) is 5.25. The maximum absolute atomic E-state index is 6.21. The molecule has 0 bridgehead atoms. The first-order valence-electron chi connectivity index (χ1n) is 6.92. The van der Waals surface area contributed by atoms with Gasteiger partial charge in [0.15, 0.2) is 0 Å². The molecular weight excluding hydrogens is 304 g/mol. The number of fused-ring (bicyclic) bond motifs is 1. The summed E-state index contributed by atoms with van der Waals surface area (Å²) in [6, 6.07) is 10.4. The SMILES string of the molecule is CNC(Cc1ccncc1Cl)C1CSc2ccccc2O1. The van der Waals surface area contributed by atoms with Crippen LogP contribution in [0.4, 0.5) is 0 Å². The molecule has 3 rings (SSSR count). The van der Waals surface area contributed by atoms with Crippen LogP contribution in [0.5, 0.6) is 5.75 Å². The van der Waals surface area contributed by atoms with Gasteiger partial charge in [-0.2, -0.15) is 0 Å². The minimum Gasteiger partial charge on any atom is -0.487 e. The van der Waals surface area contributed by atoms with Crippen LogP contribution in [0.25, 0.3) is 0 Å². The third-order valence-corrected chi connectivity index (χ3v) is 5.13. The van der Waals surface area contributed by atoms with Crippen molar-refractivity contribution in [2.75, 3.05) is 12.8 Å². The Morgan fingerprint density at radius 2 is 2.29 bits per heavy atom. The highest BCUT2D eigenvalue weighted by Crippen LogP contribution is 2.36. The summed E-state index contributed by atoms with van der Waals surface area (Å²) in [5.74, 6) is 1.91. The van der Waals surface area contributed by atoms with Crippen LogP contribution in [0.2, 0.25) is 5.02 Å². The summed E-state index contributed by atoms with van der Waals surface area (Å²) in [6.45, 7) is 0. The van der Waals surface area contributed by atoms with Crippen molar-refractivity contribution in [3.63, 3.8) is 0 Å². The van der Waals surface area contributed by atoms with Crippen LogP contribution in [0.15, 0.2) is 47.6 Å². The number of nitrogens with zero attached hydrogens (tertiary/aromatic N) is 1. The molecule has 1 aromatic heterocycles. The third kappa shape index (κ3) is 3.34. The highest BCUT2D eigenvalue weighted by molar-refractivity contribution is 7.99. The first kappa shape index (κ1) is 14.7. The fourth-order valence-electron chi connectivity index (χ4n) is 2.46. The predicted octanol–water partition coefficient (Wildman–Crippen LogP) is 3.42. The Labute approximate surface area is 134 Å². The largest absolute Gasteiger partial charge is 0.487 e. The fraction of sp³-hybridized carbons (Fsp3) is 0.312. The van der Waals surface area contributed by atoms with E-state index in [2.05, 4.69) is 16.4 Å². The standard InChI is InChI=1S/C16H17ClN2OS/c1-18-13(8-11-6-7-19-9-12(11)17)15-10-21-16-5-3-2-4-14(16)20-15/h2-7,9,13,15,18H,8,10H2,1H3. The summed E-state index contributed by atoms with van der Waals surface area (Å²) >= 11 is 8.05. The van der Waals surface area contributed by atoms with Gasteiger partial charge in [-0.25, -0.2) is 0 Å². The van der Waals surface area contributed by atoms with E-state index in [4.69, 9.17) is 16.3 Å². The number of halogens is 1. The Kier molecular flexibility index (Phi) is 4.68. The lowest BCUT2D eigenvalue weighted by molar-refractivity contribution is 0.169. The summed E-state index contributed by atoms with van der Waals surface area (Å²) < 4.78 is 6.15. The number of thioether (sulfide) groups is 1. The van der Waals surface area contributed by atoms with Gasteiger partial charge in [0.1, 0.15) is 11.9 Å². The number of rotatable bonds is 4. The molecule has 0 saturated heterocycles. The zero-order chi connectivity index (χ0) is 14.7. The van der Waals surface area contributed by atoms with Crippen molar-refractivity contribution in [2.24, 2.45) is 0 Å². The lowest BCUT2D eigenvalue weighted by Crippen LogP contribution is -2.45. The van der Waals surface area contributed by atoms with E-state index in [0.29, 0.717) is 5.02 Å². The Balaban J connectivity index is 1.74. The van der Waals surface area contributed by atoms with Gasteiger partial charge >= 0.3 is 0 Å². The molecule has 2 aromatic rings. The molecule has 0 spiro atoms. The molecule has 2 atom stereocenters. The Bertz CT molecular complexity index is 623. The van der Waals surface area contributed by atoms with Gasteiger partial charge in [0.05, 0.1) is 5.02 Å². The first-order chi connectivity index (χ1) is 10.3. The van der Waals surface area contributed by atoms with Gasteiger partial charge in [0.2, 0.25) is 0 Å². The van der Waals surface area contributed by atoms with Crippen molar-refractivity contribution in [2.45, 2.75) is 23.5 Å². The van der Waals surface area contributed by atoms with Crippen molar-refractivity contribution in [3.8, 4) is 5.75 Å². The molecule has 0 fully saturated rings. The minimum absolute atomic E-state index is 0.124. The summed E-state index contributed by atoms with van der Waals surface area (Å²) in [5.41, 5.74) is 1.10. The molecule has 2 unspecified atom stereocenters.